The van der Waals surface area contributed by atoms with Gasteiger partial charge in [-0.05, 0) is 53.6 Å². The smallest absolute Gasteiger partial charge is 0.123 e. The van der Waals surface area contributed by atoms with E-state index in [4.69, 9.17) is 10.8 Å². The second-order valence-corrected chi connectivity index (χ2v) is 5.54. The van der Waals surface area contributed by atoms with Crippen LogP contribution in [0.25, 0.3) is 27.9 Å². The minimum absolute atomic E-state index is 0.265. The van der Waals surface area contributed by atoms with Gasteiger partial charge in [0.05, 0.1) is 5.52 Å². The Labute approximate surface area is 138 Å². The summed E-state index contributed by atoms with van der Waals surface area (Å²) in [6.07, 6.45) is 5.43. The van der Waals surface area contributed by atoms with Crippen molar-refractivity contribution < 1.29 is 4.39 Å². The van der Waals surface area contributed by atoms with Crippen molar-refractivity contribution in [2.24, 2.45) is 5.73 Å². The van der Waals surface area contributed by atoms with Gasteiger partial charge in [-0.25, -0.2) is 8.91 Å². The zero-order valence-corrected chi connectivity index (χ0v) is 12.9. The molecule has 0 bridgehead atoms. The molecule has 0 unspecified atom stereocenters. The predicted molar refractivity (Wildman–Crippen MR) is 91.7 cm³/mol. The Morgan fingerprint density at radius 3 is 2.38 bits per heavy atom. The molecule has 0 aliphatic rings. The van der Waals surface area contributed by atoms with E-state index in [9.17, 15) is 4.39 Å². The van der Waals surface area contributed by atoms with Gasteiger partial charge in [0, 0.05) is 36.3 Å². The van der Waals surface area contributed by atoms with Gasteiger partial charge in [0.15, 0.2) is 0 Å². The largest absolute Gasteiger partial charge is 0.326 e. The molecule has 0 aliphatic heterocycles. The zero-order chi connectivity index (χ0) is 16.5. The Morgan fingerprint density at radius 2 is 1.67 bits per heavy atom. The standard InChI is InChI=1S/C19H15FN4/c20-16-4-2-15(3-5-16)19-18(14-7-9-22-10-8-14)17-6-1-13(11-21)12-24(17)23-19/h1-10,12H,11,21H2. The fraction of sp³-hybridized carbons (Fsp3) is 0.0526. The highest BCUT2D eigenvalue weighted by atomic mass is 19.1. The molecule has 0 spiro atoms. The van der Waals surface area contributed by atoms with Gasteiger partial charge in [-0.3, -0.25) is 4.98 Å². The number of fused-ring (bicyclic) bond motifs is 1. The van der Waals surface area contributed by atoms with E-state index in [2.05, 4.69) is 4.98 Å². The Morgan fingerprint density at radius 1 is 0.917 bits per heavy atom. The zero-order valence-electron chi connectivity index (χ0n) is 12.9. The summed E-state index contributed by atoms with van der Waals surface area (Å²) in [5.74, 6) is -0.265. The molecule has 118 valence electrons. The van der Waals surface area contributed by atoms with Crippen LogP contribution < -0.4 is 5.73 Å². The third-order valence-corrected chi connectivity index (χ3v) is 4.01. The molecule has 4 aromatic rings. The molecule has 0 radical (unpaired) electrons. The second-order valence-electron chi connectivity index (χ2n) is 5.54. The molecule has 0 saturated carbocycles. The average Bonchev–Trinajstić information content (AvgIpc) is 3.01. The maximum Gasteiger partial charge on any atom is 0.123 e. The number of hydrogen-bond donors (Lipinski definition) is 1. The number of nitrogens with zero attached hydrogens (tertiary/aromatic N) is 3. The number of halogens is 1. The van der Waals surface area contributed by atoms with Gasteiger partial charge in [0.25, 0.3) is 0 Å². The van der Waals surface area contributed by atoms with Crippen LogP contribution in [0.5, 0.6) is 0 Å². The highest BCUT2D eigenvalue weighted by Gasteiger charge is 2.16. The van der Waals surface area contributed by atoms with E-state index in [1.165, 1.54) is 12.1 Å². The van der Waals surface area contributed by atoms with Crippen LogP contribution in [0.3, 0.4) is 0 Å². The summed E-state index contributed by atoms with van der Waals surface area (Å²) in [7, 11) is 0. The first-order valence-electron chi connectivity index (χ1n) is 7.64. The summed E-state index contributed by atoms with van der Waals surface area (Å²) in [4.78, 5) is 4.08. The van der Waals surface area contributed by atoms with Crippen molar-refractivity contribution in [1.82, 2.24) is 14.6 Å². The monoisotopic (exact) mass is 318 g/mol. The molecule has 24 heavy (non-hydrogen) atoms. The van der Waals surface area contributed by atoms with Gasteiger partial charge in [0.1, 0.15) is 11.5 Å². The summed E-state index contributed by atoms with van der Waals surface area (Å²) in [5, 5.41) is 4.72. The minimum Gasteiger partial charge on any atom is -0.326 e. The van der Waals surface area contributed by atoms with Crippen LogP contribution in [0.1, 0.15) is 5.56 Å². The maximum absolute atomic E-state index is 13.3. The van der Waals surface area contributed by atoms with Gasteiger partial charge < -0.3 is 5.73 Å². The number of aromatic nitrogens is 3. The van der Waals surface area contributed by atoms with Crippen LogP contribution in [-0.4, -0.2) is 14.6 Å². The fourth-order valence-electron chi connectivity index (χ4n) is 2.83. The molecule has 0 fully saturated rings. The van der Waals surface area contributed by atoms with Crippen molar-refractivity contribution in [3.8, 4) is 22.4 Å². The molecule has 3 aromatic heterocycles. The highest BCUT2D eigenvalue weighted by molar-refractivity contribution is 5.92. The predicted octanol–water partition coefficient (Wildman–Crippen LogP) is 3.66. The first kappa shape index (κ1) is 14.5. The summed E-state index contributed by atoms with van der Waals surface area (Å²) < 4.78 is 15.1. The first-order chi connectivity index (χ1) is 11.8. The first-order valence-corrected chi connectivity index (χ1v) is 7.64. The molecule has 0 aliphatic carbocycles. The van der Waals surface area contributed by atoms with E-state index in [1.54, 1.807) is 24.5 Å². The number of rotatable bonds is 3. The Bertz CT molecular complexity index is 991. The van der Waals surface area contributed by atoms with E-state index in [-0.39, 0.29) is 5.82 Å². The number of hydrogen-bond acceptors (Lipinski definition) is 3. The van der Waals surface area contributed by atoms with E-state index in [1.807, 2.05) is 35.0 Å². The van der Waals surface area contributed by atoms with Crippen LogP contribution in [0.4, 0.5) is 4.39 Å². The number of benzene rings is 1. The SMILES string of the molecule is NCc1ccc2c(-c3ccncc3)c(-c3ccc(F)cc3)nn2c1. The van der Waals surface area contributed by atoms with Crippen molar-refractivity contribution in [1.29, 1.82) is 0 Å². The Hall–Kier alpha value is -3.05. The van der Waals surface area contributed by atoms with Crippen molar-refractivity contribution >= 4 is 5.52 Å². The lowest BCUT2D eigenvalue weighted by Gasteiger charge is -2.04. The normalized spacial score (nSPS) is 11.1. The third kappa shape index (κ3) is 2.45. The van der Waals surface area contributed by atoms with Crippen LogP contribution in [0, 0.1) is 5.82 Å². The molecule has 4 rings (SSSR count). The highest BCUT2D eigenvalue weighted by Crippen LogP contribution is 2.35. The summed E-state index contributed by atoms with van der Waals surface area (Å²) in [6.45, 7) is 0.451. The van der Waals surface area contributed by atoms with Gasteiger partial charge in [-0.2, -0.15) is 5.10 Å². The molecular weight excluding hydrogens is 303 g/mol. The van der Waals surface area contributed by atoms with Gasteiger partial charge in [0.2, 0.25) is 0 Å². The summed E-state index contributed by atoms with van der Waals surface area (Å²) in [6, 6.07) is 14.3. The van der Waals surface area contributed by atoms with Crippen molar-refractivity contribution in [3.63, 3.8) is 0 Å². The van der Waals surface area contributed by atoms with Crippen LogP contribution in [0.15, 0.2) is 67.1 Å². The molecule has 5 heteroatoms. The van der Waals surface area contributed by atoms with Crippen molar-refractivity contribution in [2.75, 3.05) is 0 Å². The topological polar surface area (TPSA) is 56.2 Å². The van der Waals surface area contributed by atoms with Crippen LogP contribution in [0.2, 0.25) is 0 Å². The van der Waals surface area contributed by atoms with Gasteiger partial charge in [-0.15, -0.1) is 0 Å². The molecule has 3 heterocycles. The molecule has 1 aromatic carbocycles. The van der Waals surface area contributed by atoms with E-state index < -0.39 is 0 Å². The fourth-order valence-corrected chi connectivity index (χ4v) is 2.83. The average molecular weight is 318 g/mol. The number of pyridine rings is 2. The van der Waals surface area contributed by atoms with Gasteiger partial charge >= 0.3 is 0 Å². The summed E-state index contributed by atoms with van der Waals surface area (Å²) >= 11 is 0. The second kappa shape index (κ2) is 5.86. The Balaban J connectivity index is 2.02. The van der Waals surface area contributed by atoms with Crippen molar-refractivity contribution in [3.05, 3.63) is 78.5 Å². The van der Waals surface area contributed by atoms with E-state index in [0.717, 1.165) is 33.5 Å². The minimum atomic E-state index is -0.265. The van der Waals surface area contributed by atoms with E-state index in [0.29, 0.717) is 6.54 Å². The lowest BCUT2D eigenvalue weighted by atomic mass is 10.0. The molecule has 0 atom stereocenters. The molecule has 4 nitrogen and oxygen atoms in total. The lowest BCUT2D eigenvalue weighted by Crippen LogP contribution is -1.98. The Kier molecular flexibility index (Phi) is 3.55. The van der Waals surface area contributed by atoms with Crippen LogP contribution >= 0.6 is 0 Å². The third-order valence-electron chi connectivity index (χ3n) is 4.01. The van der Waals surface area contributed by atoms with Crippen molar-refractivity contribution in [2.45, 2.75) is 6.54 Å². The van der Waals surface area contributed by atoms with E-state index >= 15 is 0 Å². The molecular formula is C19H15FN4. The quantitative estimate of drug-likeness (QED) is 0.627. The van der Waals surface area contributed by atoms with Crippen LogP contribution in [-0.2, 0) is 6.54 Å². The molecule has 2 N–H and O–H groups in total. The number of nitrogens with two attached hydrogens (primary N) is 1. The summed E-state index contributed by atoms with van der Waals surface area (Å²) in [5.41, 5.74) is 11.4. The molecule has 0 saturated heterocycles. The molecule has 0 amide bonds. The van der Waals surface area contributed by atoms with Gasteiger partial charge in [-0.1, -0.05) is 6.07 Å². The maximum atomic E-state index is 13.3. The lowest BCUT2D eigenvalue weighted by molar-refractivity contribution is 0.628.